The van der Waals surface area contributed by atoms with Crippen LogP contribution in [0.25, 0.3) is 0 Å². The summed E-state index contributed by atoms with van der Waals surface area (Å²) in [6, 6.07) is 5.47. The van der Waals surface area contributed by atoms with Crippen molar-refractivity contribution in [1.29, 1.82) is 0 Å². The monoisotopic (exact) mass is 364 g/mol. The summed E-state index contributed by atoms with van der Waals surface area (Å²) in [6.45, 7) is 4.49. The Balaban J connectivity index is 0.000000758. The number of carbonyl (C=O) groups is 2. The molecule has 3 rings (SSSR count). The number of carbonyl (C=O) groups excluding carboxylic acids is 1. The van der Waals surface area contributed by atoms with Crippen molar-refractivity contribution < 1.29 is 24.5 Å². The number of aliphatic hydroxyl groups is 1. The topological polar surface area (TPSA) is 100.0 Å². The molecule has 7 nitrogen and oxygen atoms in total. The van der Waals surface area contributed by atoms with Gasteiger partial charge in [-0.3, -0.25) is 9.69 Å². The number of pyridine rings is 1. The molecule has 144 valence electrons. The van der Waals surface area contributed by atoms with Gasteiger partial charge in [-0.1, -0.05) is 19.4 Å². The number of ether oxygens (including phenoxy) is 1. The molecule has 1 saturated heterocycles. The van der Waals surface area contributed by atoms with Gasteiger partial charge in [-0.15, -0.1) is 0 Å². The molecule has 0 spiro atoms. The van der Waals surface area contributed by atoms with Crippen LogP contribution in [0.1, 0.15) is 48.8 Å². The van der Waals surface area contributed by atoms with E-state index in [-0.39, 0.29) is 6.47 Å². The van der Waals surface area contributed by atoms with Crippen LogP contribution in [0, 0.1) is 11.8 Å². The van der Waals surface area contributed by atoms with E-state index in [0.717, 1.165) is 44.6 Å². The summed E-state index contributed by atoms with van der Waals surface area (Å²) in [7, 11) is 1.37. The van der Waals surface area contributed by atoms with Crippen LogP contribution in [-0.2, 0) is 16.1 Å². The zero-order valence-corrected chi connectivity index (χ0v) is 15.4. The van der Waals surface area contributed by atoms with E-state index in [9.17, 15) is 9.90 Å². The van der Waals surface area contributed by atoms with Gasteiger partial charge in [0.05, 0.1) is 18.4 Å². The number of rotatable bonds is 4. The lowest BCUT2D eigenvalue weighted by molar-refractivity contribution is -0.122. The van der Waals surface area contributed by atoms with Crippen LogP contribution < -0.4 is 0 Å². The lowest BCUT2D eigenvalue weighted by Gasteiger charge is -2.40. The van der Waals surface area contributed by atoms with Gasteiger partial charge in [0.2, 0.25) is 0 Å². The second-order valence-corrected chi connectivity index (χ2v) is 7.02. The summed E-state index contributed by atoms with van der Waals surface area (Å²) in [5, 5.41) is 17.8. The minimum Gasteiger partial charge on any atom is -0.483 e. The third kappa shape index (κ3) is 4.59. The highest BCUT2D eigenvalue weighted by Gasteiger charge is 2.47. The molecule has 0 amide bonds. The van der Waals surface area contributed by atoms with Crippen molar-refractivity contribution in [1.82, 2.24) is 9.88 Å². The van der Waals surface area contributed by atoms with Crippen LogP contribution in [0.3, 0.4) is 0 Å². The molecule has 2 fully saturated rings. The normalized spacial score (nSPS) is 27.8. The van der Waals surface area contributed by atoms with Crippen molar-refractivity contribution in [3.8, 4) is 0 Å². The van der Waals surface area contributed by atoms with Gasteiger partial charge in [-0.2, -0.15) is 0 Å². The van der Waals surface area contributed by atoms with Crippen LogP contribution in [-0.4, -0.2) is 58.3 Å². The molecule has 0 bridgehead atoms. The summed E-state index contributed by atoms with van der Waals surface area (Å²) in [5.41, 5.74) is 0.733. The van der Waals surface area contributed by atoms with Crippen LogP contribution >= 0.6 is 0 Å². The SMILES string of the molecule is CC[C@]1(O)CCC[C@H]2CN(Cc3cccc(C(=O)OC)n3)C[C@H]21.O=CO. The Morgan fingerprint density at radius 3 is 2.85 bits per heavy atom. The first-order valence-electron chi connectivity index (χ1n) is 9.04. The first kappa shape index (κ1) is 20.3. The van der Waals surface area contributed by atoms with Gasteiger partial charge in [0.15, 0.2) is 0 Å². The Morgan fingerprint density at radius 2 is 2.19 bits per heavy atom. The lowest BCUT2D eigenvalue weighted by atomic mass is 9.69. The van der Waals surface area contributed by atoms with Gasteiger partial charge in [0, 0.05) is 25.6 Å². The number of methoxy groups -OCH3 is 1. The van der Waals surface area contributed by atoms with E-state index in [0.29, 0.717) is 17.5 Å². The van der Waals surface area contributed by atoms with Gasteiger partial charge in [0.25, 0.3) is 6.47 Å². The van der Waals surface area contributed by atoms with E-state index in [1.807, 2.05) is 12.1 Å². The first-order valence-corrected chi connectivity index (χ1v) is 9.04. The average Bonchev–Trinajstić information content (AvgIpc) is 3.06. The van der Waals surface area contributed by atoms with E-state index in [1.165, 1.54) is 13.5 Å². The second-order valence-electron chi connectivity index (χ2n) is 7.02. The zero-order chi connectivity index (χ0) is 19.2. The molecule has 3 atom stereocenters. The van der Waals surface area contributed by atoms with E-state index < -0.39 is 11.6 Å². The number of hydrogen-bond acceptors (Lipinski definition) is 6. The van der Waals surface area contributed by atoms with E-state index in [1.54, 1.807) is 6.07 Å². The molecule has 2 N–H and O–H groups in total. The lowest BCUT2D eigenvalue weighted by Crippen LogP contribution is -2.44. The summed E-state index contributed by atoms with van der Waals surface area (Å²) in [4.78, 5) is 26.7. The third-order valence-electron chi connectivity index (χ3n) is 5.59. The second kappa shape index (κ2) is 9.09. The Labute approximate surface area is 154 Å². The highest BCUT2D eigenvalue weighted by molar-refractivity contribution is 5.87. The molecule has 7 heteroatoms. The van der Waals surface area contributed by atoms with Crippen molar-refractivity contribution in [2.75, 3.05) is 20.2 Å². The Kier molecular flexibility index (Phi) is 7.11. The number of esters is 1. The molecule has 1 aliphatic carbocycles. The number of carboxylic acid groups (broad SMARTS) is 1. The predicted octanol–water partition coefficient (Wildman–Crippen LogP) is 1.94. The molecular formula is C19H28N2O5. The minimum absolute atomic E-state index is 0.250. The molecule has 1 aromatic heterocycles. The third-order valence-corrected chi connectivity index (χ3v) is 5.59. The Hall–Kier alpha value is -1.99. The van der Waals surface area contributed by atoms with Crippen molar-refractivity contribution in [2.45, 2.75) is 44.8 Å². The maximum atomic E-state index is 11.6. The maximum Gasteiger partial charge on any atom is 0.356 e. The largest absolute Gasteiger partial charge is 0.483 e. The number of likely N-dealkylation sites (tertiary alicyclic amines) is 1. The van der Waals surface area contributed by atoms with Gasteiger partial charge in [-0.05, 0) is 37.3 Å². The summed E-state index contributed by atoms with van der Waals surface area (Å²) in [5.74, 6) is 0.546. The molecule has 1 saturated carbocycles. The van der Waals surface area contributed by atoms with Crippen LogP contribution in [0.4, 0.5) is 0 Å². The van der Waals surface area contributed by atoms with Crippen molar-refractivity contribution in [2.24, 2.45) is 11.8 Å². The summed E-state index contributed by atoms with van der Waals surface area (Å²) >= 11 is 0. The minimum atomic E-state index is -0.501. The number of nitrogens with zero attached hydrogens (tertiary/aromatic N) is 2. The van der Waals surface area contributed by atoms with Gasteiger partial charge >= 0.3 is 5.97 Å². The van der Waals surface area contributed by atoms with Crippen molar-refractivity contribution >= 4 is 12.4 Å². The Morgan fingerprint density at radius 1 is 1.46 bits per heavy atom. The standard InChI is InChI=1S/C18H26N2O3.CH2O2/c1-3-18(22)9-5-6-13-10-20(12-15(13)18)11-14-7-4-8-16(19-14)17(21)23-2;2-1-3/h4,7-8,13,15,22H,3,5-6,9-12H2,1-2H3;1H,(H,2,3)/t13-,15+,18-;/m0./s1. The number of hydrogen-bond donors (Lipinski definition) is 2. The fraction of sp³-hybridized carbons (Fsp3) is 0.632. The fourth-order valence-corrected chi connectivity index (χ4v) is 4.30. The van der Waals surface area contributed by atoms with Crippen LogP contribution in [0.5, 0.6) is 0 Å². The summed E-state index contributed by atoms with van der Waals surface area (Å²) in [6.07, 6.45) is 4.08. The number of fused-ring (bicyclic) bond motifs is 1. The molecule has 0 aromatic carbocycles. The molecule has 26 heavy (non-hydrogen) atoms. The summed E-state index contributed by atoms with van der Waals surface area (Å²) < 4.78 is 4.73. The van der Waals surface area contributed by atoms with Gasteiger partial charge < -0.3 is 14.9 Å². The molecule has 1 aliphatic heterocycles. The zero-order valence-electron chi connectivity index (χ0n) is 15.4. The molecular weight excluding hydrogens is 336 g/mol. The highest BCUT2D eigenvalue weighted by atomic mass is 16.5. The van der Waals surface area contributed by atoms with Crippen LogP contribution in [0.15, 0.2) is 18.2 Å². The molecule has 0 unspecified atom stereocenters. The van der Waals surface area contributed by atoms with E-state index >= 15 is 0 Å². The van der Waals surface area contributed by atoms with Crippen molar-refractivity contribution in [3.05, 3.63) is 29.6 Å². The van der Waals surface area contributed by atoms with Gasteiger partial charge in [0.1, 0.15) is 5.69 Å². The van der Waals surface area contributed by atoms with E-state index in [2.05, 4.69) is 16.8 Å². The fourth-order valence-electron chi connectivity index (χ4n) is 4.30. The number of aromatic nitrogens is 1. The average molecular weight is 364 g/mol. The quantitative estimate of drug-likeness (QED) is 0.622. The smallest absolute Gasteiger partial charge is 0.356 e. The maximum absolute atomic E-state index is 11.6. The van der Waals surface area contributed by atoms with Crippen molar-refractivity contribution in [3.63, 3.8) is 0 Å². The van der Waals surface area contributed by atoms with Gasteiger partial charge in [-0.25, -0.2) is 9.78 Å². The highest BCUT2D eigenvalue weighted by Crippen LogP contribution is 2.44. The predicted molar refractivity (Wildman–Crippen MR) is 95.6 cm³/mol. The van der Waals surface area contributed by atoms with Crippen LogP contribution in [0.2, 0.25) is 0 Å². The van der Waals surface area contributed by atoms with E-state index in [4.69, 9.17) is 14.6 Å². The molecule has 1 aromatic rings. The molecule has 2 heterocycles. The first-order chi connectivity index (χ1) is 12.5. The molecule has 2 aliphatic rings. The Bertz CT molecular complexity index is 624. The molecule has 0 radical (unpaired) electrons.